The van der Waals surface area contributed by atoms with Crippen molar-refractivity contribution < 1.29 is 14.3 Å². The van der Waals surface area contributed by atoms with Gasteiger partial charge in [-0.2, -0.15) is 4.98 Å². The van der Waals surface area contributed by atoms with E-state index in [1.165, 1.54) is 17.3 Å². The molecule has 10 heteroatoms. The predicted octanol–water partition coefficient (Wildman–Crippen LogP) is 6.05. The van der Waals surface area contributed by atoms with E-state index in [9.17, 15) is 9.59 Å². The number of thioether (sulfide) groups is 1. The number of nitrogens with zero attached hydrogens (tertiary/aromatic N) is 4. The SMILES string of the molecule is CCN(CC)C(=O)COc1ccc(C2C(C(=O)Nc3ccccc3C)=C(C)Nc3nc(SCc4ccccc4)nn32)cc1. The van der Waals surface area contributed by atoms with Crippen LogP contribution in [0.5, 0.6) is 5.75 Å². The summed E-state index contributed by atoms with van der Waals surface area (Å²) in [6.07, 6.45) is 0. The largest absolute Gasteiger partial charge is 0.484 e. The van der Waals surface area contributed by atoms with Crippen molar-refractivity contribution in [1.29, 1.82) is 0 Å². The third-order valence-electron chi connectivity index (χ3n) is 7.36. The number of aryl methyl sites for hydroxylation is 1. The van der Waals surface area contributed by atoms with Gasteiger partial charge in [-0.15, -0.1) is 5.10 Å². The van der Waals surface area contributed by atoms with Crippen LogP contribution >= 0.6 is 11.8 Å². The Kier molecular flexibility index (Phi) is 9.46. The molecule has 43 heavy (non-hydrogen) atoms. The van der Waals surface area contributed by atoms with Crippen LogP contribution in [0.25, 0.3) is 0 Å². The minimum Gasteiger partial charge on any atom is -0.484 e. The van der Waals surface area contributed by atoms with Gasteiger partial charge in [-0.25, -0.2) is 4.68 Å². The Bertz CT molecular complexity index is 1610. The molecule has 1 atom stereocenters. The number of nitrogens with one attached hydrogen (secondary N) is 2. The predicted molar refractivity (Wildman–Crippen MR) is 170 cm³/mol. The first kappa shape index (κ1) is 29.9. The molecule has 1 aliphatic heterocycles. The van der Waals surface area contributed by atoms with Crippen molar-refractivity contribution in [1.82, 2.24) is 19.7 Å². The van der Waals surface area contributed by atoms with Gasteiger partial charge in [0.05, 0.1) is 5.57 Å². The van der Waals surface area contributed by atoms with E-state index in [0.29, 0.717) is 41.2 Å². The number of likely N-dealkylation sites (N-methyl/N-ethyl adjacent to an activating group) is 1. The first-order valence-corrected chi connectivity index (χ1v) is 15.3. The van der Waals surface area contributed by atoms with Crippen molar-refractivity contribution in [3.63, 3.8) is 0 Å². The van der Waals surface area contributed by atoms with Gasteiger partial charge < -0.3 is 20.3 Å². The highest BCUT2D eigenvalue weighted by atomic mass is 32.2. The quantitative estimate of drug-likeness (QED) is 0.203. The minimum atomic E-state index is -0.537. The second-order valence-electron chi connectivity index (χ2n) is 10.2. The Morgan fingerprint density at radius 2 is 1.67 bits per heavy atom. The maximum absolute atomic E-state index is 13.9. The van der Waals surface area contributed by atoms with Gasteiger partial charge in [0.2, 0.25) is 11.1 Å². The van der Waals surface area contributed by atoms with Crippen LogP contribution in [0.15, 0.2) is 95.3 Å². The highest BCUT2D eigenvalue weighted by Crippen LogP contribution is 2.37. The number of hydrogen-bond donors (Lipinski definition) is 2. The molecule has 222 valence electrons. The van der Waals surface area contributed by atoms with E-state index in [0.717, 1.165) is 22.6 Å². The third-order valence-corrected chi connectivity index (χ3v) is 8.26. The molecule has 0 saturated heterocycles. The van der Waals surface area contributed by atoms with Crippen LogP contribution in [0.3, 0.4) is 0 Å². The monoisotopic (exact) mass is 596 g/mol. The molecule has 1 aliphatic rings. The molecule has 0 saturated carbocycles. The summed E-state index contributed by atoms with van der Waals surface area (Å²) in [5.41, 5.74) is 4.95. The smallest absolute Gasteiger partial charge is 0.260 e. The number of hydrogen-bond acceptors (Lipinski definition) is 7. The topological polar surface area (TPSA) is 101 Å². The highest BCUT2D eigenvalue weighted by Gasteiger charge is 2.34. The standard InChI is InChI=1S/C33H36N6O3S/c1-5-38(6-2)28(40)20-42-26-18-16-25(17-19-26)30-29(31(41)35-27-15-11-10-12-22(27)3)23(4)34-32-36-33(37-39(30)32)43-21-24-13-8-7-9-14-24/h7-19,30H,5-6,20-21H2,1-4H3,(H,35,41)(H,34,36,37). The molecule has 2 heterocycles. The highest BCUT2D eigenvalue weighted by molar-refractivity contribution is 7.98. The summed E-state index contributed by atoms with van der Waals surface area (Å²) in [5, 5.41) is 11.8. The van der Waals surface area contributed by atoms with Gasteiger partial charge in [0.25, 0.3) is 11.8 Å². The maximum atomic E-state index is 13.9. The summed E-state index contributed by atoms with van der Waals surface area (Å²) >= 11 is 1.54. The number of carbonyl (C=O) groups excluding carboxylic acids is 2. The molecule has 0 fully saturated rings. The molecular weight excluding hydrogens is 560 g/mol. The molecule has 2 amide bonds. The molecule has 0 aliphatic carbocycles. The van der Waals surface area contributed by atoms with Crippen molar-refractivity contribution >= 4 is 35.2 Å². The number of fused-ring (bicyclic) bond motifs is 1. The van der Waals surface area contributed by atoms with E-state index in [4.69, 9.17) is 14.8 Å². The average Bonchev–Trinajstić information content (AvgIpc) is 3.43. The summed E-state index contributed by atoms with van der Waals surface area (Å²) in [7, 11) is 0. The number of rotatable bonds is 11. The molecule has 0 radical (unpaired) electrons. The fraction of sp³-hybridized carbons (Fsp3) is 0.273. The molecule has 1 aromatic heterocycles. The van der Waals surface area contributed by atoms with Crippen molar-refractivity contribution in [2.45, 2.75) is 44.6 Å². The van der Waals surface area contributed by atoms with Crippen molar-refractivity contribution in [2.75, 3.05) is 30.3 Å². The Balaban J connectivity index is 1.44. The summed E-state index contributed by atoms with van der Waals surface area (Å²) < 4.78 is 7.57. The molecule has 4 aromatic rings. The van der Waals surface area contributed by atoms with Gasteiger partial charge in [-0.05, 0) is 62.6 Å². The number of ether oxygens (including phenoxy) is 1. The lowest BCUT2D eigenvalue weighted by Crippen LogP contribution is -2.34. The van der Waals surface area contributed by atoms with Crippen LogP contribution in [0.4, 0.5) is 11.6 Å². The maximum Gasteiger partial charge on any atom is 0.260 e. The zero-order chi connectivity index (χ0) is 30.3. The fourth-order valence-corrected chi connectivity index (χ4v) is 5.76. The molecule has 5 rings (SSSR count). The number of allylic oxidation sites excluding steroid dienone is 1. The number of aromatic nitrogens is 3. The zero-order valence-electron chi connectivity index (χ0n) is 24.8. The normalized spacial score (nSPS) is 14.1. The second-order valence-corrected chi connectivity index (χ2v) is 11.1. The van der Waals surface area contributed by atoms with E-state index in [1.807, 2.05) is 94.4 Å². The number of amides is 2. The zero-order valence-corrected chi connectivity index (χ0v) is 25.6. The van der Waals surface area contributed by atoms with Crippen LogP contribution in [-0.2, 0) is 15.3 Å². The van der Waals surface area contributed by atoms with E-state index >= 15 is 0 Å². The summed E-state index contributed by atoms with van der Waals surface area (Å²) in [4.78, 5) is 32.8. The Labute approximate surface area is 256 Å². The van der Waals surface area contributed by atoms with Crippen LogP contribution in [-0.4, -0.2) is 51.2 Å². The molecule has 2 N–H and O–H groups in total. The van der Waals surface area contributed by atoms with Crippen LogP contribution < -0.4 is 15.4 Å². The van der Waals surface area contributed by atoms with Crippen LogP contribution in [0, 0.1) is 6.92 Å². The average molecular weight is 597 g/mol. The van der Waals surface area contributed by atoms with E-state index in [-0.39, 0.29) is 18.4 Å². The Morgan fingerprint density at radius 3 is 2.37 bits per heavy atom. The fourth-order valence-electron chi connectivity index (χ4n) is 4.98. The Hall–Kier alpha value is -4.57. The minimum absolute atomic E-state index is 0.0350. The van der Waals surface area contributed by atoms with Gasteiger partial charge in [0.15, 0.2) is 6.61 Å². The number of anilines is 2. The number of para-hydroxylation sites is 1. The van der Waals surface area contributed by atoms with Crippen molar-refractivity contribution in [2.24, 2.45) is 0 Å². The van der Waals surface area contributed by atoms with Crippen LogP contribution in [0.1, 0.15) is 43.5 Å². The van der Waals surface area contributed by atoms with E-state index < -0.39 is 6.04 Å². The Morgan fingerprint density at radius 1 is 0.977 bits per heavy atom. The van der Waals surface area contributed by atoms with Gasteiger partial charge in [0.1, 0.15) is 11.8 Å². The second kappa shape index (κ2) is 13.6. The van der Waals surface area contributed by atoms with Gasteiger partial charge >= 0.3 is 0 Å². The number of benzene rings is 3. The molecule has 0 bridgehead atoms. The number of carbonyl (C=O) groups is 2. The van der Waals surface area contributed by atoms with Crippen LogP contribution in [0.2, 0.25) is 0 Å². The molecular formula is C33H36N6O3S. The van der Waals surface area contributed by atoms with Gasteiger partial charge in [-0.1, -0.05) is 72.4 Å². The lowest BCUT2D eigenvalue weighted by molar-refractivity contribution is -0.133. The molecule has 1 unspecified atom stereocenters. The van der Waals surface area contributed by atoms with E-state index in [2.05, 4.69) is 22.8 Å². The van der Waals surface area contributed by atoms with Crippen molar-refractivity contribution in [3.8, 4) is 5.75 Å². The first-order valence-electron chi connectivity index (χ1n) is 14.4. The third kappa shape index (κ3) is 6.91. The van der Waals surface area contributed by atoms with Crippen molar-refractivity contribution in [3.05, 3.63) is 107 Å². The molecule has 9 nitrogen and oxygen atoms in total. The van der Waals surface area contributed by atoms with Gasteiger partial charge in [0, 0.05) is 30.2 Å². The lowest BCUT2D eigenvalue weighted by Gasteiger charge is -2.29. The molecule has 0 spiro atoms. The summed E-state index contributed by atoms with van der Waals surface area (Å²) in [6, 6.07) is 24.8. The summed E-state index contributed by atoms with van der Waals surface area (Å²) in [5.74, 6) is 1.57. The summed E-state index contributed by atoms with van der Waals surface area (Å²) in [6.45, 7) is 8.97. The first-order chi connectivity index (χ1) is 20.9. The lowest BCUT2D eigenvalue weighted by atomic mass is 9.95. The van der Waals surface area contributed by atoms with E-state index in [1.54, 1.807) is 9.58 Å². The van der Waals surface area contributed by atoms with Gasteiger partial charge in [-0.3, -0.25) is 9.59 Å². The molecule has 3 aromatic carbocycles.